The van der Waals surface area contributed by atoms with E-state index in [1.807, 2.05) is 0 Å². The van der Waals surface area contributed by atoms with Gasteiger partial charge in [0.25, 0.3) is 5.91 Å². The molecule has 0 radical (unpaired) electrons. The van der Waals surface area contributed by atoms with E-state index in [4.69, 9.17) is 10.5 Å². The second-order valence-electron chi connectivity index (χ2n) is 8.03. The Kier molecular flexibility index (Phi) is 6.65. The van der Waals surface area contributed by atoms with Crippen LogP contribution in [-0.4, -0.2) is 58.1 Å². The van der Waals surface area contributed by atoms with E-state index in [-0.39, 0.29) is 35.5 Å². The van der Waals surface area contributed by atoms with Crippen LogP contribution in [0.5, 0.6) is 0 Å². The SMILES string of the molecule is CNC(=O)c1c(N)n([C@H]2CC[C@H](O)CC2)c2nc(C#CC(C)(O)COC)ccc2c1=O. The van der Waals surface area contributed by atoms with Gasteiger partial charge in [-0.1, -0.05) is 5.92 Å². The highest BCUT2D eigenvalue weighted by atomic mass is 16.5. The molecule has 1 aliphatic rings. The summed E-state index contributed by atoms with van der Waals surface area (Å²) in [5.41, 5.74) is 5.03. The average Bonchev–Trinajstić information content (AvgIpc) is 2.73. The van der Waals surface area contributed by atoms with Crippen molar-refractivity contribution in [3.8, 4) is 11.8 Å². The minimum Gasteiger partial charge on any atom is -0.393 e. The second kappa shape index (κ2) is 9.06. The van der Waals surface area contributed by atoms with Crippen molar-refractivity contribution < 1.29 is 19.7 Å². The van der Waals surface area contributed by atoms with Gasteiger partial charge in [-0.2, -0.15) is 0 Å². The monoisotopic (exact) mass is 428 g/mol. The number of methoxy groups -OCH3 is 1. The lowest BCUT2D eigenvalue weighted by atomic mass is 9.92. The van der Waals surface area contributed by atoms with Gasteiger partial charge >= 0.3 is 0 Å². The largest absolute Gasteiger partial charge is 0.393 e. The summed E-state index contributed by atoms with van der Waals surface area (Å²) in [7, 11) is 2.91. The standard InChI is InChI=1S/C22H28N4O5/c1-22(30,12-31-3)11-10-13-4-9-16-18(28)17(21(29)24-2)19(23)26(20(16)25-13)14-5-7-15(27)8-6-14/h4,9,14-15,27,30H,5-8,12,23H2,1-3H3,(H,24,29)/t14-,15-,22?. The van der Waals surface area contributed by atoms with Gasteiger partial charge in [0.1, 0.15) is 28.3 Å². The van der Waals surface area contributed by atoms with Crippen molar-refractivity contribution in [2.24, 2.45) is 0 Å². The smallest absolute Gasteiger partial charge is 0.258 e. The van der Waals surface area contributed by atoms with E-state index in [0.717, 1.165) is 0 Å². The quantitative estimate of drug-likeness (QED) is 0.522. The number of anilines is 1. The molecule has 0 aromatic carbocycles. The Bertz CT molecular complexity index is 1100. The van der Waals surface area contributed by atoms with Crippen LogP contribution in [0.3, 0.4) is 0 Å². The summed E-state index contributed by atoms with van der Waals surface area (Å²) < 4.78 is 6.67. The molecular weight excluding hydrogens is 400 g/mol. The summed E-state index contributed by atoms with van der Waals surface area (Å²) in [6.07, 6.45) is 2.07. The lowest BCUT2D eigenvalue weighted by Gasteiger charge is -2.30. The lowest BCUT2D eigenvalue weighted by molar-refractivity contribution is 0.0274. The van der Waals surface area contributed by atoms with Crippen LogP contribution in [0.15, 0.2) is 16.9 Å². The third-order valence-corrected chi connectivity index (χ3v) is 5.46. The number of ether oxygens (including phenoxy) is 1. The van der Waals surface area contributed by atoms with Gasteiger partial charge in [-0.05, 0) is 50.7 Å². The van der Waals surface area contributed by atoms with Crippen LogP contribution in [-0.2, 0) is 4.74 Å². The van der Waals surface area contributed by atoms with Gasteiger partial charge in [0.2, 0.25) is 5.43 Å². The average molecular weight is 428 g/mol. The van der Waals surface area contributed by atoms with E-state index in [1.165, 1.54) is 21.1 Å². The fourth-order valence-corrected chi connectivity index (χ4v) is 3.91. The molecule has 2 aromatic heterocycles. The van der Waals surface area contributed by atoms with E-state index in [0.29, 0.717) is 37.0 Å². The zero-order valence-corrected chi connectivity index (χ0v) is 17.9. The third kappa shape index (κ3) is 4.71. The van der Waals surface area contributed by atoms with Crippen molar-refractivity contribution in [1.29, 1.82) is 0 Å². The maximum atomic E-state index is 13.0. The molecule has 5 N–H and O–H groups in total. The van der Waals surface area contributed by atoms with Gasteiger partial charge < -0.3 is 30.6 Å². The molecule has 3 rings (SSSR count). The van der Waals surface area contributed by atoms with Crippen LogP contribution in [0.25, 0.3) is 11.0 Å². The molecule has 2 aromatic rings. The summed E-state index contributed by atoms with van der Waals surface area (Å²) >= 11 is 0. The molecule has 0 bridgehead atoms. The molecule has 1 aliphatic carbocycles. The number of nitrogens with two attached hydrogens (primary N) is 1. The van der Waals surface area contributed by atoms with E-state index in [9.17, 15) is 19.8 Å². The van der Waals surface area contributed by atoms with Crippen molar-refractivity contribution in [1.82, 2.24) is 14.9 Å². The van der Waals surface area contributed by atoms with Gasteiger partial charge in [0.15, 0.2) is 0 Å². The summed E-state index contributed by atoms with van der Waals surface area (Å²) in [5, 5.41) is 22.8. The van der Waals surface area contributed by atoms with E-state index >= 15 is 0 Å². The number of aliphatic hydroxyl groups is 2. The van der Waals surface area contributed by atoms with Crippen molar-refractivity contribution in [2.75, 3.05) is 26.5 Å². The van der Waals surface area contributed by atoms with Crippen molar-refractivity contribution in [3.05, 3.63) is 33.6 Å². The number of nitrogens with one attached hydrogen (secondary N) is 1. The van der Waals surface area contributed by atoms with Gasteiger partial charge in [-0.25, -0.2) is 4.98 Å². The molecule has 0 saturated heterocycles. The molecule has 9 heteroatoms. The fourth-order valence-electron chi connectivity index (χ4n) is 3.91. The highest BCUT2D eigenvalue weighted by molar-refractivity contribution is 6.01. The van der Waals surface area contributed by atoms with E-state index in [2.05, 4.69) is 22.1 Å². The summed E-state index contributed by atoms with van der Waals surface area (Å²) in [6, 6.07) is 3.01. The first-order chi connectivity index (χ1) is 14.7. The number of amides is 1. The number of carbonyl (C=O) groups excluding carboxylic acids is 1. The number of fused-ring (bicyclic) bond motifs is 1. The van der Waals surface area contributed by atoms with Crippen LogP contribution in [0.1, 0.15) is 54.7 Å². The van der Waals surface area contributed by atoms with Crippen LogP contribution >= 0.6 is 0 Å². The molecule has 1 fully saturated rings. The van der Waals surface area contributed by atoms with Crippen LogP contribution in [0.4, 0.5) is 5.82 Å². The minimum absolute atomic E-state index is 0.0329. The van der Waals surface area contributed by atoms with Crippen molar-refractivity contribution in [2.45, 2.75) is 50.4 Å². The van der Waals surface area contributed by atoms with E-state index < -0.39 is 16.9 Å². The summed E-state index contributed by atoms with van der Waals surface area (Å²) in [6.45, 7) is 1.56. The number of aliphatic hydroxyl groups excluding tert-OH is 1. The Balaban J connectivity index is 2.22. The van der Waals surface area contributed by atoms with E-state index in [1.54, 1.807) is 16.7 Å². The number of nitrogens with zero attached hydrogens (tertiary/aromatic N) is 2. The maximum Gasteiger partial charge on any atom is 0.258 e. The Morgan fingerprint density at radius 1 is 1.39 bits per heavy atom. The summed E-state index contributed by atoms with van der Waals surface area (Å²) in [4.78, 5) is 30.0. The topological polar surface area (TPSA) is 140 Å². The molecule has 9 nitrogen and oxygen atoms in total. The highest BCUT2D eigenvalue weighted by Gasteiger charge is 2.28. The van der Waals surface area contributed by atoms with Crippen LogP contribution in [0, 0.1) is 11.8 Å². The first-order valence-electron chi connectivity index (χ1n) is 10.2. The molecule has 0 aliphatic heterocycles. The Morgan fingerprint density at radius 2 is 2.06 bits per heavy atom. The Hall–Kier alpha value is -2.93. The number of nitrogen functional groups attached to an aromatic ring is 1. The zero-order valence-electron chi connectivity index (χ0n) is 17.9. The lowest BCUT2D eigenvalue weighted by Crippen LogP contribution is -2.32. The van der Waals surface area contributed by atoms with Gasteiger partial charge in [-0.15, -0.1) is 0 Å². The van der Waals surface area contributed by atoms with Crippen LogP contribution in [0.2, 0.25) is 0 Å². The predicted molar refractivity (Wildman–Crippen MR) is 117 cm³/mol. The number of rotatable bonds is 4. The number of carbonyl (C=O) groups is 1. The third-order valence-electron chi connectivity index (χ3n) is 5.46. The van der Waals surface area contributed by atoms with Gasteiger partial charge in [-0.3, -0.25) is 9.59 Å². The first-order valence-corrected chi connectivity index (χ1v) is 10.2. The summed E-state index contributed by atoms with van der Waals surface area (Å²) in [5.74, 6) is 5.02. The minimum atomic E-state index is -1.35. The zero-order chi connectivity index (χ0) is 22.8. The van der Waals surface area contributed by atoms with Gasteiger partial charge in [0.05, 0.1) is 18.1 Å². The molecule has 166 valence electrons. The number of hydrogen-bond acceptors (Lipinski definition) is 7. The van der Waals surface area contributed by atoms with Crippen LogP contribution < -0.4 is 16.5 Å². The van der Waals surface area contributed by atoms with Crippen molar-refractivity contribution in [3.63, 3.8) is 0 Å². The van der Waals surface area contributed by atoms with Crippen molar-refractivity contribution >= 4 is 22.8 Å². The molecule has 1 amide bonds. The second-order valence-corrected chi connectivity index (χ2v) is 8.03. The number of pyridine rings is 2. The number of aromatic nitrogens is 2. The fraction of sp³-hybridized carbons (Fsp3) is 0.500. The first kappa shape index (κ1) is 22.7. The molecule has 1 unspecified atom stereocenters. The Labute approximate surface area is 180 Å². The van der Waals surface area contributed by atoms with Gasteiger partial charge in [0, 0.05) is 20.2 Å². The highest BCUT2D eigenvalue weighted by Crippen LogP contribution is 2.33. The number of hydrogen-bond donors (Lipinski definition) is 4. The predicted octanol–water partition coefficient (Wildman–Crippen LogP) is 0.563. The molecular formula is C22H28N4O5. The Morgan fingerprint density at radius 3 is 2.68 bits per heavy atom. The normalized spacial score (nSPS) is 20.5. The molecule has 0 spiro atoms. The molecule has 31 heavy (non-hydrogen) atoms. The molecule has 2 heterocycles. The molecule has 1 atom stereocenters. The maximum absolute atomic E-state index is 13.0. The molecule has 1 saturated carbocycles.